The van der Waals surface area contributed by atoms with Crippen LogP contribution in [0.5, 0.6) is 0 Å². The van der Waals surface area contributed by atoms with Crippen molar-refractivity contribution in [3.63, 3.8) is 0 Å². The molecular formula is C25H26N2O4. The van der Waals surface area contributed by atoms with Crippen molar-refractivity contribution in [3.05, 3.63) is 77.4 Å². The van der Waals surface area contributed by atoms with E-state index in [0.717, 1.165) is 41.7 Å². The minimum absolute atomic E-state index is 0.115. The van der Waals surface area contributed by atoms with E-state index < -0.39 is 5.97 Å². The summed E-state index contributed by atoms with van der Waals surface area (Å²) >= 11 is 0. The van der Waals surface area contributed by atoms with Crippen molar-refractivity contribution in [2.45, 2.75) is 25.3 Å². The standard InChI is InChI=1S/C25H26N2O4/c1-30-17-23(29)31-16-22(28)27-25(19-11-6-3-7-12-19)21-14-8-13-20(24(21)26-27)15-18-9-4-2-5-10-18/h2-7,9-12,15,21,25H,8,13-14,16-17H2,1H3/b20-15+/t21-,25-/m0/s1. The lowest BCUT2D eigenvalue weighted by molar-refractivity contribution is -0.155. The molecule has 0 N–H and O–H groups in total. The first-order valence-corrected chi connectivity index (χ1v) is 10.5. The van der Waals surface area contributed by atoms with E-state index in [1.807, 2.05) is 48.5 Å². The lowest BCUT2D eigenvalue weighted by Gasteiger charge is -2.29. The van der Waals surface area contributed by atoms with Gasteiger partial charge in [0.15, 0.2) is 6.61 Å². The van der Waals surface area contributed by atoms with Crippen molar-refractivity contribution in [1.82, 2.24) is 5.01 Å². The van der Waals surface area contributed by atoms with Crippen molar-refractivity contribution in [2.24, 2.45) is 11.0 Å². The van der Waals surface area contributed by atoms with Gasteiger partial charge < -0.3 is 9.47 Å². The van der Waals surface area contributed by atoms with Crippen molar-refractivity contribution < 1.29 is 19.1 Å². The molecule has 31 heavy (non-hydrogen) atoms. The van der Waals surface area contributed by atoms with E-state index in [4.69, 9.17) is 14.6 Å². The van der Waals surface area contributed by atoms with Gasteiger partial charge in [0.05, 0.1) is 11.8 Å². The lowest BCUT2D eigenvalue weighted by atomic mass is 9.77. The Morgan fingerprint density at radius 3 is 2.48 bits per heavy atom. The highest BCUT2D eigenvalue weighted by Crippen LogP contribution is 2.44. The molecule has 2 aromatic carbocycles. The molecule has 1 amide bonds. The Bertz CT molecular complexity index is 985. The molecular weight excluding hydrogens is 392 g/mol. The van der Waals surface area contributed by atoms with Gasteiger partial charge in [0.1, 0.15) is 6.61 Å². The molecule has 0 aromatic heterocycles. The SMILES string of the molecule is COCC(=O)OCC(=O)N1N=C2/C(=C/c3ccccc3)CCC[C@@H]2[C@@H]1c1ccccc1. The summed E-state index contributed by atoms with van der Waals surface area (Å²) in [6.45, 7) is -0.538. The number of allylic oxidation sites excluding steroid dienone is 1. The van der Waals surface area contributed by atoms with Gasteiger partial charge in [-0.05, 0) is 42.0 Å². The fraction of sp³-hybridized carbons (Fsp3) is 0.320. The molecule has 4 rings (SSSR count). The first kappa shape index (κ1) is 21.0. The summed E-state index contributed by atoms with van der Waals surface area (Å²) in [5, 5.41) is 6.29. The molecule has 1 heterocycles. The largest absolute Gasteiger partial charge is 0.454 e. The van der Waals surface area contributed by atoms with Gasteiger partial charge in [0.25, 0.3) is 5.91 Å². The number of nitrogens with zero attached hydrogens (tertiary/aromatic N) is 2. The molecule has 1 aliphatic carbocycles. The van der Waals surface area contributed by atoms with Gasteiger partial charge in [0.2, 0.25) is 0 Å². The fourth-order valence-corrected chi connectivity index (χ4v) is 4.31. The molecule has 1 aliphatic heterocycles. The average molecular weight is 418 g/mol. The molecule has 0 saturated heterocycles. The number of amides is 1. The highest BCUT2D eigenvalue weighted by molar-refractivity contribution is 6.08. The smallest absolute Gasteiger partial charge is 0.332 e. The molecule has 0 spiro atoms. The van der Waals surface area contributed by atoms with Crippen LogP contribution in [0.3, 0.4) is 0 Å². The number of hydrogen-bond acceptors (Lipinski definition) is 5. The number of esters is 1. The fourth-order valence-electron chi connectivity index (χ4n) is 4.31. The average Bonchev–Trinajstić information content (AvgIpc) is 3.20. The van der Waals surface area contributed by atoms with Crippen LogP contribution in [0.4, 0.5) is 0 Å². The molecule has 2 aliphatic rings. The van der Waals surface area contributed by atoms with Gasteiger partial charge in [-0.3, -0.25) is 4.79 Å². The summed E-state index contributed by atoms with van der Waals surface area (Å²) < 4.78 is 9.84. The third kappa shape index (κ3) is 4.75. The lowest BCUT2D eigenvalue weighted by Crippen LogP contribution is -2.34. The van der Waals surface area contributed by atoms with Crippen molar-refractivity contribution in [1.29, 1.82) is 0 Å². The second-order valence-corrected chi connectivity index (χ2v) is 7.75. The van der Waals surface area contributed by atoms with E-state index in [-0.39, 0.29) is 31.1 Å². The maximum Gasteiger partial charge on any atom is 0.332 e. The van der Waals surface area contributed by atoms with Gasteiger partial charge >= 0.3 is 5.97 Å². The number of benzene rings is 2. The number of hydrogen-bond donors (Lipinski definition) is 0. The topological polar surface area (TPSA) is 68.2 Å². The Balaban J connectivity index is 1.64. The van der Waals surface area contributed by atoms with Crippen LogP contribution in [0, 0.1) is 5.92 Å². The summed E-state index contributed by atoms with van der Waals surface area (Å²) in [5.74, 6) is -0.787. The number of carbonyl (C=O) groups is 2. The van der Waals surface area contributed by atoms with Crippen LogP contribution in [0.1, 0.15) is 36.4 Å². The normalized spacial score (nSPS) is 21.5. The number of carbonyl (C=O) groups excluding carboxylic acids is 2. The summed E-state index contributed by atoms with van der Waals surface area (Å²) in [7, 11) is 1.41. The molecule has 0 bridgehead atoms. The Morgan fingerprint density at radius 2 is 1.77 bits per heavy atom. The second-order valence-electron chi connectivity index (χ2n) is 7.75. The van der Waals surface area contributed by atoms with Crippen LogP contribution in [-0.4, -0.2) is 42.9 Å². The summed E-state index contributed by atoms with van der Waals surface area (Å²) in [4.78, 5) is 24.7. The van der Waals surface area contributed by atoms with E-state index in [1.165, 1.54) is 12.1 Å². The van der Waals surface area contributed by atoms with Gasteiger partial charge in [-0.1, -0.05) is 60.7 Å². The Kier molecular flexibility index (Phi) is 6.57. The molecule has 6 nitrogen and oxygen atoms in total. The quantitative estimate of drug-likeness (QED) is 0.665. The maximum absolute atomic E-state index is 13.0. The van der Waals surface area contributed by atoms with Gasteiger partial charge in [0, 0.05) is 13.0 Å². The summed E-state index contributed by atoms with van der Waals surface area (Å²) in [6.07, 6.45) is 5.09. The van der Waals surface area contributed by atoms with Crippen LogP contribution in [0.25, 0.3) is 6.08 Å². The molecule has 1 fully saturated rings. The maximum atomic E-state index is 13.0. The molecule has 0 radical (unpaired) electrons. The van der Waals surface area contributed by atoms with Gasteiger partial charge in [-0.2, -0.15) is 5.10 Å². The molecule has 1 saturated carbocycles. The van der Waals surface area contributed by atoms with Crippen molar-refractivity contribution in [3.8, 4) is 0 Å². The predicted molar refractivity (Wildman–Crippen MR) is 118 cm³/mol. The summed E-state index contributed by atoms with van der Waals surface area (Å²) in [5.41, 5.74) is 4.27. The monoisotopic (exact) mass is 418 g/mol. The number of rotatable bonds is 6. The summed E-state index contributed by atoms with van der Waals surface area (Å²) in [6, 6.07) is 19.9. The molecule has 0 unspecified atom stereocenters. The van der Waals surface area contributed by atoms with E-state index in [9.17, 15) is 9.59 Å². The van der Waals surface area contributed by atoms with E-state index in [1.54, 1.807) is 0 Å². The Labute approximate surface area is 182 Å². The van der Waals surface area contributed by atoms with Crippen LogP contribution >= 0.6 is 0 Å². The number of ether oxygens (including phenoxy) is 2. The zero-order valence-electron chi connectivity index (χ0n) is 17.6. The first-order valence-electron chi connectivity index (χ1n) is 10.5. The third-order valence-electron chi connectivity index (χ3n) is 5.66. The molecule has 6 heteroatoms. The Hall–Kier alpha value is -3.25. The van der Waals surface area contributed by atoms with Crippen LogP contribution in [0.2, 0.25) is 0 Å². The van der Waals surface area contributed by atoms with Crippen molar-refractivity contribution >= 4 is 23.7 Å². The number of methoxy groups -OCH3 is 1. The number of hydrazone groups is 1. The minimum atomic E-state index is -0.568. The molecule has 2 atom stereocenters. The van der Waals surface area contributed by atoms with Crippen molar-refractivity contribution in [2.75, 3.05) is 20.3 Å². The van der Waals surface area contributed by atoms with E-state index >= 15 is 0 Å². The highest BCUT2D eigenvalue weighted by Gasteiger charge is 2.43. The second kappa shape index (κ2) is 9.71. The van der Waals surface area contributed by atoms with Gasteiger partial charge in [-0.15, -0.1) is 0 Å². The van der Waals surface area contributed by atoms with Gasteiger partial charge in [-0.25, -0.2) is 9.80 Å². The third-order valence-corrected chi connectivity index (χ3v) is 5.66. The highest BCUT2D eigenvalue weighted by atomic mass is 16.6. The van der Waals surface area contributed by atoms with E-state index in [2.05, 4.69) is 18.2 Å². The molecule has 160 valence electrons. The predicted octanol–water partition coefficient (Wildman–Crippen LogP) is 4.00. The number of fused-ring (bicyclic) bond motifs is 1. The molecule has 2 aromatic rings. The van der Waals surface area contributed by atoms with Crippen LogP contribution in [-0.2, 0) is 19.1 Å². The van der Waals surface area contributed by atoms with Crippen LogP contribution < -0.4 is 0 Å². The minimum Gasteiger partial charge on any atom is -0.454 e. The van der Waals surface area contributed by atoms with Crippen LogP contribution in [0.15, 0.2) is 71.3 Å². The zero-order valence-corrected chi connectivity index (χ0v) is 17.6. The Morgan fingerprint density at radius 1 is 1.06 bits per heavy atom. The van der Waals surface area contributed by atoms with E-state index in [0.29, 0.717) is 0 Å². The first-order chi connectivity index (χ1) is 15.2. The zero-order chi connectivity index (χ0) is 21.6.